The van der Waals surface area contributed by atoms with E-state index < -0.39 is 9.84 Å². The summed E-state index contributed by atoms with van der Waals surface area (Å²) in [4.78, 5) is 16.9. The molecule has 1 saturated heterocycles. The van der Waals surface area contributed by atoms with Gasteiger partial charge in [-0.25, -0.2) is 8.42 Å². The Hall–Kier alpha value is -2.18. The molecule has 2 aromatic carbocycles. The molecule has 1 heterocycles. The zero-order valence-corrected chi connectivity index (χ0v) is 15.8. The van der Waals surface area contributed by atoms with Crippen molar-refractivity contribution in [2.45, 2.75) is 12.3 Å². The molecule has 0 aromatic heterocycles. The first-order valence-corrected chi connectivity index (χ1v) is 10.8. The first kappa shape index (κ1) is 18.6. The van der Waals surface area contributed by atoms with Crippen LogP contribution < -0.4 is 0 Å². The molecule has 0 radical (unpaired) electrons. The molecule has 0 aliphatic carbocycles. The van der Waals surface area contributed by atoms with Gasteiger partial charge in [0, 0.05) is 44.5 Å². The third-order valence-electron chi connectivity index (χ3n) is 4.54. The Labute approximate surface area is 155 Å². The molecule has 2 aromatic rings. The second-order valence-corrected chi connectivity index (χ2v) is 8.96. The summed E-state index contributed by atoms with van der Waals surface area (Å²) < 4.78 is 22.7. The van der Waals surface area contributed by atoms with Gasteiger partial charge in [0.2, 0.25) is 0 Å². The maximum atomic E-state index is 12.7. The van der Waals surface area contributed by atoms with Gasteiger partial charge in [0.15, 0.2) is 9.84 Å². The highest BCUT2D eigenvalue weighted by Crippen LogP contribution is 2.13. The Morgan fingerprint density at radius 1 is 0.885 bits per heavy atom. The molecule has 138 valence electrons. The van der Waals surface area contributed by atoms with E-state index in [0.717, 1.165) is 19.6 Å². The van der Waals surface area contributed by atoms with Crippen molar-refractivity contribution in [3.63, 3.8) is 0 Å². The molecule has 0 bridgehead atoms. The Morgan fingerprint density at radius 2 is 1.50 bits per heavy atom. The molecule has 0 atom stereocenters. The van der Waals surface area contributed by atoms with Crippen LogP contribution in [0.1, 0.15) is 21.5 Å². The van der Waals surface area contributed by atoms with Crippen LogP contribution in [0.3, 0.4) is 0 Å². The Balaban J connectivity index is 1.55. The van der Waals surface area contributed by atoms with Gasteiger partial charge >= 0.3 is 0 Å². The van der Waals surface area contributed by atoms with Crippen LogP contribution in [0.15, 0.2) is 54.6 Å². The van der Waals surface area contributed by atoms with Gasteiger partial charge in [-0.3, -0.25) is 9.69 Å². The minimum atomic E-state index is -3.06. The third kappa shape index (κ3) is 5.16. The van der Waals surface area contributed by atoms with Gasteiger partial charge in [-0.05, 0) is 23.3 Å². The van der Waals surface area contributed by atoms with Crippen molar-refractivity contribution in [1.29, 1.82) is 0 Å². The number of rotatable bonds is 5. The molecule has 3 rings (SSSR count). The van der Waals surface area contributed by atoms with E-state index in [2.05, 4.69) is 17.0 Å². The smallest absolute Gasteiger partial charge is 0.253 e. The van der Waals surface area contributed by atoms with Crippen molar-refractivity contribution in [2.75, 3.05) is 32.4 Å². The summed E-state index contributed by atoms with van der Waals surface area (Å²) >= 11 is 0. The van der Waals surface area contributed by atoms with Crippen molar-refractivity contribution in [1.82, 2.24) is 9.80 Å². The van der Waals surface area contributed by atoms with Crippen molar-refractivity contribution in [3.8, 4) is 0 Å². The Morgan fingerprint density at radius 3 is 2.08 bits per heavy atom. The van der Waals surface area contributed by atoms with Gasteiger partial charge in [0.1, 0.15) is 0 Å². The van der Waals surface area contributed by atoms with Crippen molar-refractivity contribution < 1.29 is 13.2 Å². The Bertz CT molecular complexity index is 840. The first-order valence-electron chi connectivity index (χ1n) is 8.73. The number of nitrogens with zero attached hydrogens (tertiary/aromatic N) is 2. The molecule has 1 amide bonds. The van der Waals surface area contributed by atoms with Crippen LogP contribution >= 0.6 is 0 Å². The van der Waals surface area contributed by atoms with E-state index in [1.165, 1.54) is 11.8 Å². The summed E-state index contributed by atoms with van der Waals surface area (Å²) in [6.45, 7) is 4.02. The van der Waals surface area contributed by atoms with E-state index in [1.54, 1.807) is 24.3 Å². The molecule has 0 saturated carbocycles. The number of sulfone groups is 1. The van der Waals surface area contributed by atoms with E-state index in [4.69, 9.17) is 0 Å². The highest BCUT2D eigenvalue weighted by atomic mass is 32.2. The minimum absolute atomic E-state index is 0.000366. The minimum Gasteiger partial charge on any atom is -0.336 e. The average molecular weight is 372 g/mol. The second-order valence-electron chi connectivity index (χ2n) is 6.82. The molecule has 1 aliphatic heterocycles. The maximum absolute atomic E-state index is 12.7. The second kappa shape index (κ2) is 8.01. The summed E-state index contributed by atoms with van der Waals surface area (Å²) in [6, 6.07) is 17.2. The highest BCUT2D eigenvalue weighted by molar-refractivity contribution is 7.89. The van der Waals surface area contributed by atoms with Gasteiger partial charge in [0.25, 0.3) is 5.91 Å². The molecule has 1 aliphatic rings. The quantitative estimate of drug-likeness (QED) is 0.807. The fraction of sp³-hybridized carbons (Fsp3) is 0.350. The summed E-state index contributed by atoms with van der Waals surface area (Å²) in [5.41, 5.74) is 2.60. The summed E-state index contributed by atoms with van der Waals surface area (Å²) in [7, 11) is -3.06. The fourth-order valence-corrected chi connectivity index (χ4v) is 3.98. The molecule has 6 heteroatoms. The van der Waals surface area contributed by atoms with Crippen LogP contribution in [0.25, 0.3) is 0 Å². The van der Waals surface area contributed by atoms with Crippen LogP contribution in [-0.2, 0) is 22.1 Å². The van der Waals surface area contributed by atoms with E-state index in [0.29, 0.717) is 24.2 Å². The number of piperazine rings is 1. The van der Waals surface area contributed by atoms with Crippen LogP contribution in [0.5, 0.6) is 0 Å². The number of hydrogen-bond acceptors (Lipinski definition) is 4. The first-order chi connectivity index (χ1) is 12.4. The lowest BCUT2D eigenvalue weighted by atomic mass is 10.1. The Kier molecular flexibility index (Phi) is 5.74. The monoisotopic (exact) mass is 372 g/mol. The zero-order valence-electron chi connectivity index (χ0n) is 15.0. The van der Waals surface area contributed by atoms with Crippen molar-refractivity contribution in [3.05, 3.63) is 71.3 Å². The van der Waals surface area contributed by atoms with Gasteiger partial charge in [0.05, 0.1) is 5.75 Å². The summed E-state index contributed by atoms with van der Waals surface area (Å²) in [5.74, 6) is 0.00914. The predicted octanol–water partition coefficient (Wildman–Crippen LogP) is 2.19. The standard InChI is InChI=1S/C20H24N2O3S/c1-26(24,25)16-18-7-9-19(10-8-18)20(23)22-13-11-21(12-14-22)15-17-5-3-2-4-6-17/h2-10H,11-16H2,1H3. The molecule has 5 nitrogen and oxygen atoms in total. The number of carbonyl (C=O) groups is 1. The van der Waals surface area contributed by atoms with E-state index >= 15 is 0 Å². The summed E-state index contributed by atoms with van der Waals surface area (Å²) in [5, 5.41) is 0. The maximum Gasteiger partial charge on any atom is 0.253 e. The summed E-state index contributed by atoms with van der Waals surface area (Å²) in [6.07, 6.45) is 1.21. The molecule has 0 spiro atoms. The normalized spacial score (nSPS) is 15.8. The lowest BCUT2D eigenvalue weighted by Gasteiger charge is -2.34. The number of amides is 1. The van der Waals surface area contributed by atoms with Gasteiger partial charge < -0.3 is 4.90 Å². The molecule has 0 unspecified atom stereocenters. The van der Waals surface area contributed by atoms with Crippen LogP contribution in [0.2, 0.25) is 0 Å². The van der Waals surface area contributed by atoms with E-state index in [1.807, 2.05) is 23.1 Å². The third-order valence-corrected chi connectivity index (χ3v) is 5.40. The number of benzene rings is 2. The number of hydrogen-bond donors (Lipinski definition) is 0. The number of carbonyl (C=O) groups excluding carboxylic acids is 1. The molecular formula is C20H24N2O3S. The fourth-order valence-electron chi connectivity index (χ4n) is 3.18. The largest absolute Gasteiger partial charge is 0.336 e. The average Bonchev–Trinajstić information content (AvgIpc) is 2.62. The topological polar surface area (TPSA) is 57.7 Å². The molecule has 1 fully saturated rings. The van der Waals surface area contributed by atoms with Gasteiger partial charge in [-0.2, -0.15) is 0 Å². The van der Waals surface area contributed by atoms with E-state index in [9.17, 15) is 13.2 Å². The SMILES string of the molecule is CS(=O)(=O)Cc1ccc(C(=O)N2CCN(Cc3ccccc3)CC2)cc1. The molecule has 26 heavy (non-hydrogen) atoms. The lowest BCUT2D eigenvalue weighted by Crippen LogP contribution is -2.48. The highest BCUT2D eigenvalue weighted by Gasteiger charge is 2.22. The van der Waals surface area contributed by atoms with Crippen molar-refractivity contribution in [2.24, 2.45) is 0 Å². The van der Waals surface area contributed by atoms with E-state index in [-0.39, 0.29) is 11.7 Å². The van der Waals surface area contributed by atoms with Gasteiger partial charge in [-0.15, -0.1) is 0 Å². The lowest BCUT2D eigenvalue weighted by molar-refractivity contribution is 0.0628. The van der Waals surface area contributed by atoms with Crippen LogP contribution in [0.4, 0.5) is 0 Å². The zero-order chi connectivity index (χ0) is 18.6. The predicted molar refractivity (Wildman–Crippen MR) is 103 cm³/mol. The van der Waals surface area contributed by atoms with Crippen molar-refractivity contribution >= 4 is 15.7 Å². The van der Waals surface area contributed by atoms with Crippen LogP contribution in [0, 0.1) is 0 Å². The van der Waals surface area contributed by atoms with Gasteiger partial charge in [-0.1, -0.05) is 42.5 Å². The molecular weight excluding hydrogens is 348 g/mol. The molecule has 0 N–H and O–H groups in total. The van der Waals surface area contributed by atoms with Crippen LogP contribution in [-0.4, -0.2) is 56.6 Å².